The molecule has 0 bridgehead atoms. The molecule has 140 valence electrons. The lowest BCUT2D eigenvalue weighted by molar-refractivity contribution is -0.384. The highest BCUT2D eigenvalue weighted by Crippen LogP contribution is 2.30. The van der Waals surface area contributed by atoms with Crippen LogP contribution in [0.2, 0.25) is 0 Å². The van der Waals surface area contributed by atoms with Crippen LogP contribution in [-0.4, -0.2) is 34.2 Å². The number of nitrogens with zero attached hydrogens (tertiary/aromatic N) is 2. The Morgan fingerprint density at radius 3 is 2.78 bits per heavy atom. The van der Waals surface area contributed by atoms with Gasteiger partial charge in [0.2, 0.25) is 0 Å². The molecule has 0 saturated carbocycles. The number of hydrogen-bond acceptors (Lipinski definition) is 6. The third kappa shape index (κ3) is 3.75. The van der Waals surface area contributed by atoms with Crippen molar-refractivity contribution < 1.29 is 9.72 Å². The summed E-state index contributed by atoms with van der Waals surface area (Å²) >= 11 is 1.50. The van der Waals surface area contributed by atoms with Crippen LogP contribution < -0.4 is 16.1 Å². The maximum absolute atomic E-state index is 12.4. The molecule has 2 amide bonds. The number of carbonyl (C=O) groups is 1. The van der Waals surface area contributed by atoms with Crippen LogP contribution in [0.25, 0.3) is 0 Å². The minimum Gasteiger partial charge on any atom is -0.312 e. The largest absolute Gasteiger partial charge is 0.335 e. The first-order valence-electron chi connectivity index (χ1n) is 8.61. The summed E-state index contributed by atoms with van der Waals surface area (Å²) in [5.41, 5.74) is 4.96. The van der Waals surface area contributed by atoms with Gasteiger partial charge < -0.3 is 5.32 Å². The van der Waals surface area contributed by atoms with Crippen LogP contribution in [0.1, 0.15) is 17.0 Å². The molecular weight excluding hydrogens is 366 g/mol. The van der Waals surface area contributed by atoms with E-state index in [4.69, 9.17) is 0 Å². The average Bonchev–Trinajstić information content (AvgIpc) is 3.12. The van der Waals surface area contributed by atoms with E-state index in [-0.39, 0.29) is 29.3 Å². The van der Waals surface area contributed by atoms with Crippen molar-refractivity contribution in [2.75, 3.05) is 6.54 Å². The van der Waals surface area contributed by atoms with E-state index in [9.17, 15) is 14.9 Å². The lowest BCUT2D eigenvalue weighted by Gasteiger charge is -2.37. The summed E-state index contributed by atoms with van der Waals surface area (Å²) in [5.74, 6) is 0.702. The monoisotopic (exact) mass is 385 g/mol. The van der Waals surface area contributed by atoms with E-state index in [1.165, 1.54) is 23.4 Å². The highest BCUT2D eigenvalue weighted by Gasteiger charge is 2.43. The normalized spacial score (nSPS) is 24.4. The third-order valence-electron chi connectivity index (χ3n) is 4.70. The Morgan fingerprint density at radius 2 is 2.00 bits per heavy atom. The second-order valence-electron chi connectivity index (χ2n) is 6.43. The van der Waals surface area contributed by atoms with Crippen molar-refractivity contribution in [1.29, 1.82) is 0 Å². The van der Waals surface area contributed by atoms with Crippen molar-refractivity contribution in [2.24, 2.45) is 0 Å². The van der Waals surface area contributed by atoms with Gasteiger partial charge in [0, 0.05) is 30.3 Å². The van der Waals surface area contributed by atoms with Gasteiger partial charge in [0.1, 0.15) is 11.7 Å². The van der Waals surface area contributed by atoms with Crippen LogP contribution >= 0.6 is 11.8 Å². The first-order valence-corrected chi connectivity index (χ1v) is 9.66. The van der Waals surface area contributed by atoms with Gasteiger partial charge in [0.05, 0.1) is 4.92 Å². The van der Waals surface area contributed by atoms with Crippen LogP contribution in [0.3, 0.4) is 0 Å². The number of thioether (sulfide) groups is 1. The predicted octanol–water partition coefficient (Wildman–Crippen LogP) is 2.35. The average molecular weight is 385 g/mol. The number of nitro groups is 1. The molecule has 8 nitrogen and oxygen atoms in total. The van der Waals surface area contributed by atoms with E-state index in [0.29, 0.717) is 12.3 Å². The number of carbonyl (C=O) groups excluding carboxylic acids is 1. The first-order chi connectivity index (χ1) is 13.1. The number of benzene rings is 2. The SMILES string of the molecule is O=C1NC(SCc2cccc([N+](=O)[O-])c2)NC2C(c3ccccc3)CNN12. The summed E-state index contributed by atoms with van der Waals surface area (Å²) in [6.45, 7) is 0.678. The zero-order valence-corrected chi connectivity index (χ0v) is 15.2. The number of rotatable bonds is 5. The topological polar surface area (TPSA) is 99.5 Å². The molecule has 0 aromatic heterocycles. The van der Waals surface area contributed by atoms with E-state index in [1.54, 1.807) is 17.1 Å². The molecule has 4 rings (SSSR count). The van der Waals surface area contributed by atoms with Gasteiger partial charge in [0.25, 0.3) is 5.69 Å². The summed E-state index contributed by atoms with van der Waals surface area (Å²) < 4.78 is 0. The van der Waals surface area contributed by atoms with Crippen LogP contribution in [0.15, 0.2) is 54.6 Å². The van der Waals surface area contributed by atoms with E-state index in [0.717, 1.165) is 5.56 Å². The Hall–Kier alpha value is -2.62. The van der Waals surface area contributed by atoms with Crippen molar-refractivity contribution in [2.45, 2.75) is 23.3 Å². The summed E-state index contributed by atoms with van der Waals surface area (Å²) in [6.07, 6.45) is -0.149. The fraction of sp³-hybridized carbons (Fsp3) is 0.278. The molecule has 3 unspecified atom stereocenters. The second-order valence-corrected chi connectivity index (χ2v) is 7.52. The van der Waals surface area contributed by atoms with Gasteiger partial charge >= 0.3 is 6.03 Å². The van der Waals surface area contributed by atoms with E-state index >= 15 is 0 Å². The van der Waals surface area contributed by atoms with Crippen LogP contribution in [-0.2, 0) is 5.75 Å². The first kappa shape index (κ1) is 17.8. The molecule has 2 saturated heterocycles. The number of non-ortho nitro benzene ring substituents is 1. The number of hydrogen-bond donors (Lipinski definition) is 3. The van der Waals surface area contributed by atoms with Gasteiger partial charge in [-0.15, -0.1) is 11.8 Å². The molecular formula is C18H19N5O3S. The Morgan fingerprint density at radius 1 is 1.19 bits per heavy atom. The molecule has 3 atom stereocenters. The standard InChI is InChI=1S/C18H19N5O3S/c24-18-21-17(27-11-12-5-4-8-14(9-12)23(25)26)20-16-15(10-19-22(16)18)13-6-2-1-3-7-13/h1-9,15-17,19-20H,10-11H2,(H,21,24). The third-order valence-corrected chi connectivity index (χ3v) is 5.79. The van der Waals surface area contributed by atoms with Crippen molar-refractivity contribution in [3.8, 4) is 0 Å². The van der Waals surface area contributed by atoms with Gasteiger partial charge in [-0.2, -0.15) is 0 Å². The van der Waals surface area contributed by atoms with Crippen LogP contribution in [0.5, 0.6) is 0 Å². The summed E-state index contributed by atoms with van der Waals surface area (Å²) in [6, 6.07) is 16.5. The molecule has 2 aromatic carbocycles. The van der Waals surface area contributed by atoms with Gasteiger partial charge in [-0.05, 0) is 11.1 Å². The van der Waals surface area contributed by atoms with E-state index < -0.39 is 4.92 Å². The van der Waals surface area contributed by atoms with Gasteiger partial charge in [-0.25, -0.2) is 15.2 Å². The Balaban J connectivity index is 1.44. The Labute approximate surface area is 160 Å². The van der Waals surface area contributed by atoms with E-state index in [1.807, 2.05) is 24.3 Å². The minimum atomic E-state index is -0.401. The molecule has 27 heavy (non-hydrogen) atoms. The maximum atomic E-state index is 12.4. The smallest absolute Gasteiger partial charge is 0.312 e. The Kier molecular flexibility index (Phi) is 4.97. The molecule has 0 radical (unpaired) electrons. The van der Waals surface area contributed by atoms with Gasteiger partial charge in [0.15, 0.2) is 0 Å². The van der Waals surface area contributed by atoms with Crippen molar-refractivity contribution in [3.05, 3.63) is 75.8 Å². The highest BCUT2D eigenvalue weighted by atomic mass is 32.2. The van der Waals surface area contributed by atoms with Crippen LogP contribution in [0, 0.1) is 10.1 Å². The molecule has 2 aromatic rings. The summed E-state index contributed by atoms with van der Waals surface area (Å²) in [7, 11) is 0. The van der Waals surface area contributed by atoms with Crippen molar-refractivity contribution in [1.82, 2.24) is 21.1 Å². The molecule has 2 aliphatic heterocycles. The molecule has 2 aliphatic rings. The zero-order chi connectivity index (χ0) is 18.8. The quantitative estimate of drug-likeness (QED) is 0.540. The number of urea groups is 1. The van der Waals surface area contributed by atoms with E-state index in [2.05, 4.69) is 28.2 Å². The number of amides is 2. The number of nitrogens with one attached hydrogen (secondary N) is 3. The summed E-state index contributed by atoms with van der Waals surface area (Å²) in [5, 5.41) is 18.9. The Bertz CT molecular complexity index is 850. The number of nitro benzene ring substituents is 1. The van der Waals surface area contributed by atoms with Crippen LogP contribution in [0.4, 0.5) is 10.5 Å². The molecule has 2 fully saturated rings. The minimum absolute atomic E-state index is 0.0732. The summed E-state index contributed by atoms with van der Waals surface area (Å²) in [4.78, 5) is 22.9. The predicted molar refractivity (Wildman–Crippen MR) is 103 cm³/mol. The van der Waals surface area contributed by atoms with Crippen molar-refractivity contribution in [3.63, 3.8) is 0 Å². The molecule has 2 heterocycles. The van der Waals surface area contributed by atoms with Crippen molar-refractivity contribution >= 4 is 23.5 Å². The highest BCUT2D eigenvalue weighted by molar-refractivity contribution is 7.99. The number of fused-ring (bicyclic) bond motifs is 1. The molecule has 9 heteroatoms. The van der Waals surface area contributed by atoms with Gasteiger partial charge in [-0.3, -0.25) is 15.4 Å². The van der Waals surface area contributed by atoms with Gasteiger partial charge in [-0.1, -0.05) is 42.5 Å². The molecule has 0 aliphatic carbocycles. The molecule has 0 spiro atoms. The fourth-order valence-electron chi connectivity index (χ4n) is 3.38. The molecule has 3 N–H and O–H groups in total. The second kappa shape index (κ2) is 7.55. The fourth-order valence-corrected chi connectivity index (χ4v) is 4.34. The lowest BCUT2D eigenvalue weighted by Crippen LogP contribution is -2.65. The zero-order valence-electron chi connectivity index (χ0n) is 14.4. The maximum Gasteiger partial charge on any atom is 0.335 e. The number of hydrazine groups is 1. The lowest BCUT2D eigenvalue weighted by atomic mass is 9.97.